The molecule has 9 nitrogen and oxygen atoms in total. The molecule has 2 aromatic rings. The first-order chi connectivity index (χ1) is 17.4. The first-order valence-corrected chi connectivity index (χ1v) is 12.2. The largest absolute Gasteiger partial charge is 0.573 e. The Kier molecular flexibility index (Phi) is 7.56. The van der Waals surface area contributed by atoms with E-state index >= 15 is 0 Å². The van der Waals surface area contributed by atoms with Gasteiger partial charge in [-0.05, 0) is 57.4 Å². The third kappa shape index (κ3) is 7.30. The Labute approximate surface area is 213 Å². The van der Waals surface area contributed by atoms with Gasteiger partial charge < -0.3 is 24.6 Å². The average Bonchev–Trinajstić information content (AvgIpc) is 3.53. The first-order valence-electron chi connectivity index (χ1n) is 12.2. The lowest BCUT2D eigenvalue weighted by atomic mass is 9.98. The molecule has 1 N–H and O–H groups in total. The molecule has 3 atom stereocenters. The normalized spacial score (nSPS) is 22.3. The zero-order chi connectivity index (χ0) is 26.8. The van der Waals surface area contributed by atoms with E-state index in [1.807, 2.05) is 6.20 Å². The van der Waals surface area contributed by atoms with Gasteiger partial charge in [0.25, 0.3) is 0 Å². The molecule has 1 unspecified atom stereocenters. The van der Waals surface area contributed by atoms with E-state index in [9.17, 15) is 22.8 Å². The molecule has 0 aliphatic carbocycles. The number of likely N-dealkylation sites (tertiary alicyclic amines) is 2. The van der Waals surface area contributed by atoms with Gasteiger partial charge in [0.05, 0.1) is 18.6 Å². The summed E-state index contributed by atoms with van der Waals surface area (Å²) >= 11 is 0. The quantitative estimate of drug-likeness (QED) is 0.629. The van der Waals surface area contributed by atoms with Gasteiger partial charge in [-0.15, -0.1) is 13.2 Å². The number of alkyl halides is 3. The summed E-state index contributed by atoms with van der Waals surface area (Å²) in [5.74, 6) is -0.374. The van der Waals surface area contributed by atoms with Crippen LogP contribution in [0.5, 0.6) is 5.75 Å². The number of nitrogens with zero attached hydrogens (tertiary/aromatic N) is 4. The first kappa shape index (κ1) is 26.6. The standard InChI is InChI=1S/C25H32F3N5O4/c1-24(2,3)37-23(35)33-15-19(13-20(33)16-32-10-5-9-29-32)30-22(34)31-11-8-18(14-31)17-6-4-7-21(12-17)36-25(26,27)28/h4-7,9-10,12,18-20H,8,11,13-16H2,1-3H3,(H,30,34)/t18?,19-,20+/m1/s1. The minimum Gasteiger partial charge on any atom is -0.444 e. The molecule has 2 fully saturated rings. The van der Waals surface area contributed by atoms with Gasteiger partial charge in [0, 0.05) is 37.9 Å². The number of carbonyl (C=O) groups is 2. The van der Waals surface area contributed by atoms with Gasteiger partial charge in [0.1, 0.15) is 11.4 Å². The summed E-state index contributed by atoms with van der Waals surface area (Å²) in [5.41, 5.74) is 0.0371. The summed E-state index contributed by atoms with van der Waals surface area (Å²) in [6.07, 6.45) is -0.551. The van der Waals surface area contributed by atoms with E-state index < -0.39 is 18.1 Å². The van der Waals surface area contributed by atoms with Gasteiger partial charge in [0.15, 0.2) is 0 Å². The summed E-state index contributed by atoms with van der Waals surface area (Å²) in [6.45, 7) is 7.04. The second kappa shape index (κ2) is 10.5. The topological polar surface area (TPSA) is 88.9 Å². The van der Waals surface area contributed by atoms with Gasteiger partial charge in [-0.2, -0.15) is 5.10 Å². The van der Waals surface area contributed by atoms with E-state index in [4.69, 9.17) is 4.74 Å². The molecule has 2 aliphatic rings. The summed E-state index contributed by atoms with van der Waals surface area (Å²) in [7, 11) is 0. The highest BCUT2D eigenvalue weighted by molar-refractivity contribution is 5.75. The van der Waals surface area contributed by atoms with Crippen molar-refractivity contribution in [2.45, 2.75) is 70.1 Å². The van der Waals surface area contributed by atoms with Gasteiger partial charge in [0.2, 0.25) is 0 Å². The van der Waals surface area contributed by atoms with Crippen LogP contribution in [0.1, 0.15) is 45.1 Å². The van der Waals surface area contributed by atoms with Crippen LogP contribution in [0.25, 0.3) is 0 Å². The molecule has 1 aromatic carbocycles. The fourth-order valence-corrected chi connectivity index (χ4v) is 4.81. The Hall–Kier alpha value is -3.44. The molecule has 0 radical (unpaired) electrons. The number of amides is 3. The number of hydrogen-bond donors (Lipinski definition) is 1. The Morgan fingerprint density at radius 1 is 1.16 bits per heavy atom. The summed E-state index contributed by atoms with van der Waals surface area (Å²) in [5, 5.41) is 7.26. The Balaban J connectivity index is 1.36. The fraction of sp³-hybridized carbons (Fsp3) is 0.560. The van der Waals surface area contributed by atoms with Gasteiger partial charge in [-0.3, -0.25) is 4.68 Å². The number of hydrogen-bond acceptors (Lipinski definition) is 5. The number of nitrogens with one attached hydrogen (secondary N) is 1. The summed E-state index contributed by atoms with van der Waals surface area (Å²) in [6, 6.07) is 6.95. The fourth-order valence-electron chi connectivity index (χ4n) is 4.81. The van der Waals surface area contributed by atoms with Crippen LogP contribution >= 0.6 is 0 Å². The molecule has 0 saturated carbocycles. The lowest BCUT2D eigenvalue weighted by Crippen LogP contribution is -2.46. The van der Waals surface area contributed by atoms with E-state index in [2.05, 4.69) is 15.2 Å². The predicted octanol–water partition coefficient (Wildman–Crippen LogP) is 4.36. The van der Waals surface area contributed by atoms with Crippen LogP contribution in [-0.2, 0) is 11.3 Å². The van der Waals surface area contributed by atoms with Crippen LogP contribution < -0.4 is 10.1 Å². The minimum absolute atomic E-state index is 0.100. The zero-order valence-electron chi connectivity index (χ0n) is 21.1. The second-order valence-corrected chi connectivity index (χ2v) is 10.4. The van der Waals surface area contributed by atoms with Crippen LogP contribution in [0, 0.1) is 0 Å². The molecule has 2 aliphatic heterocycles. The molecule has 0 bridgehead atoms. The van der Waals surface area contributed by atoms with Crippen molar-refractivity contribution in [3.8, 4) is 5.75 Å². The van der Waals surface area contributed by atoms with Crippen molar-refractivity contribution in [1.29, 1.82) is 0 Å². The van der Waals surface area contributed by atoms with Gasteiger partial charge >= 0.3 is 18.5 Å². The number of urea groups is 1. The van der Waals surface area contributed by atoms with Gasteiger partial charge in [-0.1, -0.05) is 12.1 Å². The maximum atomic E-state index is 13.1. The van der Waals surface area contributed by atoms with E-state index in [1.165, 1.54) is 18.2 Å². The lowest BCUT2D eigenvalue weighted by Gasteiger charge is -2.28. The molecule has 2 saturated heterocycles. The number of benzene rings is 1. The molecular formula is C25H32F3N5O4. The van der Waals surface area contributed by atoms with Crippen molar-refractivity contribution in [2.75, 3.05) is 19.6 Å². The van der Waals surface area contributed by atoms with Crippen molar-refractivity contribution in [3.63, 3.8) is 0 Å². The SMILES string of the molecule is CC(C)(C)OC(=O)N1C[C@H](NC(=O)N2CCC(c3cccc(OC(F)(F)F)c3)C2)C[C@H]1Cn1cccn1. The number of rotatable bonds is 5. The number of aromatic nitrogens is 2. The molecule has 12 heteroatoms. The van der Waals surface area contributed by atoms with E-state index in [-0.39, 0.29) is 29.8 Å². The highest BCUT2D eigenvalue weighted by Crippen LogP contribution is 2.31. The Morgan fingerprint density at radius 2 is 1.95 bits per heavy atom. The number of ether oxygens (including phenoxy) is 2. The molecule has 3 heterocycles. The van der Waals surface area contributed by atoms with Gasteiger partial charge in [-0.25, -0.2) is 9.59 Å². The van der Waals surface area contributed by atoms with Crippen molar-refractivity contribution in [2.24, 2.45) is 0 Å². The molecule has 0 spiro atoms. The van der Waals surface area contributed by atoms with Crippen LogP contribution in [0.3, 0.4) is 0 Å². The molecule has 37 heavy (non-hydrogen) atoms. The minimum atomic E-state index is -4.76. The van der Waals surface area contributed by atoms with Crippen molar-refractivity contribution < 1.29 is 32.2 Å². The lowest BCUT2D eigenvalue weighted by molar-refractivity contribution is -0.274. The van der Waals surface area contributed by atoms with E-state index in [1.54, 1.807) is 53.6 Å². The summed E-state index contributed by atoms with van der Waals surface area (Å²) < 4.78 is 49.1. The Bertz CT molecular complexity index is 1090. The molecule has 4 rings (SSSR count). The smallest absolute Gasteiger partial charge is 0.444 e. The van der Waals surface area contributed by atoms with Crippen LogP contribution in [-0.4, -0.2) is 75.4 Å². The number of carbonyl (C=O) groups excluding carboxylic acids is 2. The Morgan fingerprint density at radius 3 is 2.62 bits per heavy atom. The van der Waals surface area contributed by atoms with Crippen molar-refractivity contribution in [3.05, 3.63) is 48.3 Å². The highest BCUT2D eigenvalue weighted by atomic mass is 19.4. The average molecular weight is 524 g/mol. The van der Waals surface area contributed by atoms with Crippen molar-refractivity contribution in [1.82, 2.24) is 24.9 Å². The molecule has 3 amide bonds. The predicted molar refractivity (Wildman–Crippen MR) is 128 cm³/mol. The molecular weight excluding hydrogens is 491 g/mol. The highest BCUT2D eigenvalue weighted by Gasteiger charge is 2.39. The maximum absolute atomic E-state index is 13.1. The maximum Gasteiger partial charge on any atom is 0.573 e. The van der Waals surface area contributed by atoms with Crippen molar-refractivity contribution >= 4 is 12.1 Å². The van der Waals surface area contributed by atoms with Crippen LogP contribution in [0.15, 0.2) is 42.7 Å². The van der Waals surface area contributed by atoms with E-state index in [0.717, 1.165) is 0 Å². The molecule has 1 aromatic heterocycles. The summed E-state index contributed by atoms with van der Waals surface area (Å²) in [4.78, 5) is 29.2. The second-order valence-electron chi connectivity index (χ2n) is 10.4. The van der Waals surface area contributed by atoms with Crippen LogP contribution in [0.2, 0.25) is 0 Å². The van der Waals surface area contributed by atoms with Crippen LogP contribution in [0.4, 0.5) is 22.8 Å². The van der Waals surface area contributed by atoms with E-state index in [0.29, 0.717) is 44.6 Å². The molecule has 202 valence electrons. The number of halogens is 3. The zero-order valence-corrected chi connectivity index (χ0v) is 21.1. The third-order valence-electron chi connectivity index (χ3n) is 6.37. The monoisotopic (exact) mass is 523 g/mol. The third-order valence-corrected chi connectivity index (χ3v) is 6.37.